The minimum absolute atomic E-state index is 0.110. The predicted molar refractivity (Wildman–Crippen MR) is 61.4 cm³/mol. The van der Waals surface area contributed by atoms with E-state index in [1.165, 1.54) is 6.07 Å². The van der Waals surface area contributed by atoms with Gasteiger partial charge in [-0.25, -0.2) is 4.39 Å². The van der Waals surface area contributed by atoms with Gasteiger partial charge in [0.25, 0.3) is 0 Å². The molecule has 1 N–H and O–H groups in total. The molecule has 4 heteroatoms. The third kappa shape index (κ3) is 3.55. The Balaban J connectivity index is 2.65. The van der Waals surface area contributed by atoms with Crippen molar-refractivity contribution in [1.82, 2.24) is 5.32 Å². The molecule has 1 atom stereocenters. The molecular weight excluding hydrogens is 213 g/mol. The summed E-state index contributed by atoms with van der Waals surface area (Å²) in [7, 11) is 0. The van der Waals surface area contributed by atoms with Gasteiger partial charge in [-0.05, 0) is 18.7 Å². The van der Waals surface area contributed by atoms with E-state index in [0.29, 0.717) is 17.7 Å². The zero-order chi connectivity index (χ0) is 11.3. The maximum atomic E-state index is 13.3. The summed E-state index contributed by atoms with van der Waals surface area (Å²) in [5.41, 5.74) is 0.505. The highest BCUT2D eigenvalue weighted by molar-refractivity contribution is 7.80. The molecule has 1 rings (SSSR count). The standard InChI is InChI=1S/C11H14FNOS/c1-8(13-11(14)6-7-15)9-4-2-3-5-10(9)12/h2-5,8,15H,6-7H2,1H3,(H,13,14). The van der Waals surface area contributed by atoms with Gasteiger partial charge in [0.05, 0.1) is 6.04 Å². The average molecular weight is 227 g/mol. The van der Waals surface area contributed by atoms with Crippen LogP contribution in [0.5, 0.6) is 0 Å². The van der Waals surface area contributed by atoms with Crippen LogP contribution in [0.1, 0.15) is 24.9 Å². The zero-order valence-corrected chi connectivity index (χ0v) is 9.43. The molecule has 0 saturated carbocycles. The van der Waals surface area contributed by atoms with E-state index in [0.717, 1.165) is 0 Å². The molecule has 15 heavy (non-hydrogen) atoms. The van der Waals surface area contributed by atoms with Crippen molar-refractivity contribution in [2.45, 2.75) is 19.4 Å². The average Bonchev–Trinajstić information content (AvgIpc) is 2.18. The number of thiol groups is 1. The highest BCUT2D eigenvalue weighted by atomic mass is 32.1. The van der Waals surface area contributed by atoms with Crippen molar-refractivity contribution in [3.8, 4) is 0 Å². The molecule has 0 fully saturated rings. The van der Waals surface area contributed by atoms with Crippen LogP contribution in [0.3, 0.4) is 0 Å². The number of benzene rings is 1. The van der Waals surface area contributed by atoms with E-state index >= 15 is 0 Å². The number of carbonyl (C=O) groups excluding carboxylic acids is 1. The number of amides is 1. The SMILES string of the molecule is CC(NC(=O)CCS)c1ccccc1F. The Kier molecular flexibility index (Phi) is 4.62. The first-order valence-corrected chi connectivity index (χ1v) is 5.43. The predicted octanol–water partition coefficient (Wildman–Crippen LogP) is 2.32. The van der Waals surface area contributed by atoms with E-state index in [-0.39, 0.29) is 17.8 Å². The van der Waals surface area contributed by atoms with Crippen LogP contribution in [0.25, 0.3) is 0 Å². The topological polar surface area (TPSA) is 29.1 Å². The van der Waals surface area contributed by atoms with Gasteiger partial charge in [0.1, 0.15) is 5.82 Å². The molecule has 1 aromatic rings. The zero-order valence-electron chi connectivity index (χ0n) is 8.53. The van der Waals surface area contributed by atoms with Crippen LogP contribution in [0.15, 0.2) is 24.3 Å². The maximum Gasteiger partial charge on any atom is 0.221 e. The van der Waals surface area contributed by atoms with E-state index in [2.05, 4.69) is 17.9 Å². The fourth-order valence-electron chi connectivity index (χ4n) is 1.32. The van der Waals surface area contributed by atoms with Crippen molar-refractivity contribution in [2.24, 2.45) is 0 Å². The van der Waals surface area contributed by atoms with Crippen LogP contribution in [0, 0.1) is 5.82 Å². The van der Waals surface area contributed by atoms with E-state index in [4.69, 9.17) is 0 Å². The van der Waals surface area contributed by atoms with Crippen LogP contribution in [-0.2, 0) is 4.79 Å². The van der Waals surface area contributed by atoms with Gasteiger partial charge >= 0.3 is 0 Å². The Hall–Kier alpha value is -1.03. The van der Waals surface area contributed by atoms with Gasteiger partial charge in [-0.15, -0.1) is 0 Å². The third-order valence-corrected chi connectivity index (χ3v) is 2.31. The molecule has 0 aliphatic heterocycles. The van der Waals surface area contributed by atoms with Crippen LogP contribution in [0.2, 0.25) is 0 Å². The van der Waals surface area contributed by atoms with Crippen molar-refractivity contribution >= 4 is 18.5 Å². The smallest absolute Gasteiger partial charge is 0.221 e. The lowest BCUT2D eigenvalue weighted by Gasteiger charge is -2.14. The molecular formula is C11H14FNOS. The van der Waals surface area contributed by atoms with Crippen molar-refractivity contribution in [3.63, 3.8) is 0 Å². The number of hydrogen-bond acceptors (Lipinski definition) is 2. The summed E-state index contributed by atoms with van der Waals surface area (Å²) in [5, 5.41) is 2.71. The number of halogens is 1. The van der Waals surface area contributed by atoms with E-state index < -0.39 is 0 Å². The monoisotopic (exact) mass is 227 g/mol. The van der Waals surface area contributed by atoms with Crippen LogP contribution in [-0.4, -0.2) is 11.7 Å². The molecule has 0 heterocycles. The summed E-state index contributed by atoms with van der Waals surface area (Å²) in [6, 6.07) is 6.12. The first-order valence-electron chi connectivity index (χ1n) is 4.79. The molecule has 0 radical (unpaired) electrons. The third-order valence-electron chi connectivity index (χ3n) is 2.09. The van der Waals surface area contributed by atoms with Crippen molar-refractivity contribution in [3.05, 3.63) is 35.6 Å². The highest BCUT2D eigenvalue weighted by Gasteiger charge is 2.11. The number of hydrogen-bond donors (Lipinski definition) is 2. The fourth-order valence-corrected chi connectivity index (χ4v) is 1.52. The van der Waals surface area contributed by atoms with Gasteiger partial charge in [0.15, 0.2) is 0 Å². The Morgan fingerprint density at radius 2 is 2.20 bits per heavy atom. The van der Waals surface area contributed by atoms with Crippen molar-refractivity contribution in [1.29, 1.82) is 0 Å². The molecule has 1 unspecified atom stereocenters. The lowest BCUT2D eigenvalue weighted by atomic mass is 10.1. The normalized spacial score (nSPS) is 12.2. The Morgan fingerprint density at radius 1 is 1.53 bits per heavy atom. The van der Waals surface area contributed by atoms with E-state index in [9.17, 15) is 9.18 Å². The molecule has 0 spiro atoms. The summed E-state index contributed by atoms with van der Waals surface area (Å²) in [4.78, 5) is 11.3. The second kappa shape index (κ2) is 5.75. The Bertz CT molecular complexity index is 343. The van der Waals surface area contributed by atoms with Gasteiger partial charge < -0.3 is 5.32 Å². The van der Waals surface area contributed by atoms with Gasteiger partial charge in [-0.2, -0.15) is 12.6 Å². The molecule has 0 aliphatic carbocycles. The molecule has 2 nitrogen and oxygen atoms in total. The minimum Gasteiger partial charge on any atom is -0.349 e. The fraction of sp³-hybridized carbons (Fsp3) is 0.364. The largest absolute Gasteiger partial charge is 0.349 e. The Morgan fingerprint density at radius 3 is 2.80 bits per heavy atom. The van der Waals surface area contributed by atoms with Crippen LogP contribution < -0.4 is 5.32 Å². The molecule has 1 amide bonds. The number of nitrogens with one attached hydrogen (secondary N) is 1. The lowest BCUT2D eigenvalue weighted by molar-refractivity contribution is -0.121. The molecule has 0 bridgehead atoms. The molecule has 1 aromatic carbocycles. The first kappa shape index (κ1) is 12.0. The molecule has 0 aromatic heterocycles. The maximum absolute atomic E-state index is 13.3. The number of carbonyl (C=O) groups is 1. The quantitative estimate of drug-likeness (QED) is 0.759. The second-order valence-electron chi connectivity index (χ2n) is 3.28. The minimum atomic E-state index is -0.307. The van der Waals surface area contributed by atoms with Crippen LogP contribution in [0.4, 0.5) is 4.39 Å². The van der Waals surface area contributed by atoms with E-state index in [1.807, 2.05) is 0 Å². The van der Waals surface area contributed by atoms with E-state index in [1.54, 1.807) is 25.1 Å². The van der Waals surface area contributed by atoms with Gasteiger partial charge in [0, 0.05) is 12.0 Å². The van der Waals surface area contributed by atoms with Gasteiger partial charge in [-0.1, -0.05) is 18.2 Å². The summed E-state index contributed by atoms with van der Waals surface area (Å²) in [6.45, 7) is 1.76. The van der Waals surface area contributed by atoms with Crippen molar-refractivity contribution < 1.29 is 9.18 Å². The van der Waals surface area contributed by atoms with Crippen molar-refractivity contribution in [2.75, 3.05) is 5.75 Å². The molecule has 0 aliphatic rings. The molecule has 82 valence electrons. The number of rotatable bonds is 4. The Labute approximate surface area is 94.3 Å². The highest BCUT2D eigenvalue weighted by Crippen LogP contribution is 2.15. The van der Waals surface area contributed by atoms with Crippen LogP contribution >= 0.6 is 12.6 Å². The summed E-state index contributed by atoms with van der Waals surface area (Å²) >= 11 is 3.96. The van der Waals surface area contributed by atoms with Gasteiger partial charge in [-0.3, -0.25) is 4.79 Å². The first-order chi connectivity index (χ1) is 7.15. The summed E-state index contributed by atoms with van der Waals surface area (Å²) in [6.07, 6.45) is 0.349. The molecule has 0 saturated heterocycles. The summed E-state index contributed by atoms with van der Waals surface area (Å²) in [5.74, 6) is 0.0902. The lowest BCUT2D eigenvalue weighted by Crippen LogP contribution is -2.27. The van der Waals surface area contributed by atoms with Gasteiger partial charge in [0.2, 0.25) is 5.91 Å². The summed E-state index contributed by atoms with van der Waals surface area (Å²) < 4.78 is 13.3. The second-order valence-corrected chi connectivity index (χ2v) is 3.73.